The molecule has 2 bridgehead atoms. The number of likely N-dealkylation sites (N-methyl/N-ethyl adjacent to an activating group) is 1. The van der Waals surface area contributed by atoms with E-state index in [4.69, 9.17) is 28.5 Å². The van der Waals surface area contributed by atoms with Gasteiger partial charge in [-0.25, -0.2) is 27.5 Å². The van der Waals surface area contributed by atoms with Crippen LogP contribution in [0, 0.1) is 23.7 Å². The number of carbonyl (C=O) groups is 4. The van der Waals surface area contributed by atoms with Crippen molar-refractivity contribution < 1.29 is 70.7 Å². The van der Waals surface area contributed by atoms with Crippen molar-refractivity contribution in [3.63, 3.8) is 0 Å². The van der Waals surface area contributed by atoms with E-state index >= 15 is 0 Å². The molecule has 21 nitrogen and oxygen atoms in total. The largest absolute Gasteiger partial charge is 0.459 e. The number of cyclic esters (lactones) is 1. The van der Waals surface area contributed by atoms with Crippen molar-refractivity contribution in [2.45, 2.75) is 166 Å². The van der Waals surface area contributed by atoms with Gasteiger partial charge < -0.3 is 49.0 Å². The standard InChI is InChI=1S/C55H78FN7O14S/c1-12-44-55(9,69)51-34(4)47(59-37(7)64)32(2)26-54(8,73-31-41(30-72-51)61-74-29-39-16-19-45(57-28-39)63-22-13-21-58-63)50(35(5)48(66)36(6)52(68)76-44)77-53-49(67)43(24-33(3)75-53)62(10)23-20-46(65)60-40(27-56)25-38-14-17-42(18-15-38)78(11,70)71/h13-19,21-22,28,32-36,40,43-44,49-51,53,67,69H,12,20,23-27,29-31H2,1-11H3,(H,60,65)/b59-47?,61-41+/t32-,33-,34+,35+,36-,40+,43+,44-,49-,50-,51?,53+,54?,55?/m1/s1. The second-order valence-electron chi connectivity index (χ2n) is 21.6. The molecule has 0 saturated carbocycles. The van der Waals surface area contributed by atoms with Crippen LogP contribution in [0.1, 0.15) is 99.1 Å². The highest BCUT2D eigenvalue weighted by Crippen LogP contribution is 2.40. The number of pyridine rings is 1. The minimum atomic E-state index is -3.42. The van der Waals surface area contributed by atoms with Crippen LogP contribution in [-0.4, -0.2) is 173 Å². The summed E-state index contributed by atoms with van der Waals surface area (Å²) in [5, 5.41) is 36.2. The number of halogens is 1. The Bertz CT molecular complexity index is 2690. The topological polar surface area (TPSA) is 269 Å². The van der Waals surface area contributed by atoms with Crippen LogP contribution in [0.2, 0.25) is 0 Å². The van der Waals surface area contributed by atoms with Crippen molar-refractivity contribution in [1.29, 1.82) is 0 Å². The van der Waals surface area contributed by atoms with Crippen molar-refractivity contribution in [3.05, 3.63) is 72.2 Å². The lowest BCUT2D eigenvalue weighted by Gasteiger charge is -2.48. The Hall–Kier alpha value is -5.40. The third kappa shape index (κ3) is 15.5. The van der Waals surface area contributed by atoms with E-state index in [0.29, 0.717) is 29.1 Å². The van der Waals surface area contributed by atoms with Crippen LogP contribution in [0.25, 0.3) is 5.82 Å². The number of oxime groups is 1. The molecule has 3 aliphatic heterocycles. The molecule has 1 aromatic carbocycles. The number of ketones is 1. The highest BCUT2D eigenvalue weighted by atomic mass is 32.2. The molecular formula is C55H78FN7O14S. The van der Waals surface area contributed by atoms with Crippen molar-refractivity contribution in [2.75, 3.05) is 39.7 Å². The van der Waals surface area contributed by atoms with Crippen LogP contribution < -0.4 is 5.32 Å². The Kier molecular flexibility index (Phi) is 21.2. The monoisotopic (exact) mass is 1110 g/mol. The number of hydrogen-bond donors (Lipinski definition) is 3. The van der Waals surface area contributed by atoms with Crippen LogP contribution in [0.4, 0.5) is 4.39 Å². The van der Waals surface area contributed by atoms with Crippen LogP contribution in [0.15, 0.2) is 76.1 Å². The van der Waals surface area contributed by atoms with E-state index in [1.807, 2.05) is 13.0 Å². The summed E-state index contributed by atoms with van der Waals surface area (Å²) < 4.78 is 72.6. The molecule has 3 saturated heterocycles. The van der Waals surface area contributed by atoms with E-state index in [1.165, 1.54) is 32.9 Å². The molecule has 6 rings (SSSR count). The molecule has 3 N–H and O–H groups in total. The van der Waals surface area contributed by atoms with Crippen molar-refractivity contribution in [1.82, 2.24) is 25.0 Å². The van der Waals surface area contributed by atoms with Gasteiger partial charge in [0, 0.05) is 73.9 Å². The average Bonchev–Trinajstić information content (AvgIpc) is 3.96. The number of carbonyl (C=O) groups excluding carboxylic acids is 4. The smallest absolute Gasteiger partial charge is 0.316 e. The molecule has 3 fully saturated rings. The fourth-order valence-corrected chi connectivity index (χ4v) is 11.4. The molecule has 2 aromatic heterocycles. The molecular weight excluding hydrogens is 1030 g/mol. The molecule has 3 aromatic rings. The van der Waals surface area contributed by atoms with Gasteiger partial charge in [0.15, 0.2) is 27.7 Å². The summed E-state index contributed by atoms with van der Waals surface area (Å²) in [4.78, 5) is 72.1. The van der Waals surface area contributed by atoms with Gasteiger partial charge in [0.2, 0.25) is 11.8 Å². The van der Waals surface area contributed by atoms with E-state index in [9.17, 15) is 42.2 Å². The molecule has 430 valence electrons. The van der Waals surface area contributed by atoms with E-state index < -0.39 is 124 Å². The summed E-state index contributed by atoms with van der Waals surface area (Å²) in [5.41, 5.74) is -1.60. The third-order valence-corrected chi connectivity index (χ3v) is 16.2. The van der Waals surface area contributed by atoms with Crippen LogP contribution >= 0.6 is 0 Å². The zero-order valence-electron chi connectivity index (χ0n) is 46.5. The lowest BCUT2D eigenvalue weighted by atomic mass is 9.73. The molecule has 0 radical (unpaired) electrons. The number of rotatable bonds is 16. The van der Waals surface area contributed by atoms with Crippen molar-refractivity contribution >= 4 is 44.8 Å². The SMILES string of the molecule is CC[C@H]1OC(=O)[C@H](C)C(=O)[C@H](C)[C@@H](O[C@@H]2O[C@H](C)C[C@H](N(C)CCC(=O)N[C@H](CF)Cc3ccc(S(C)(=O)=O)cc3)[C@H]2O)C2(C)C[C@@H](C)C(=NC(C)=O)[C@H](C)C(OC/C(=N\OCc3ccc(-n4cccn4)nc3)CO2)C1(C)O. The van der Waals surface area contributed by atoms with Gasteiger partial charge >= 0.3 is 5.97 Å². The van der Waals surface area contributed by atoms with Gasteiger partial charge in [-0.2, -0.15) is 5.10 Å². The number of aromatic nitrogens is 3. The first-order chi connectivity index (χ1) is 36.8. The molecule has 3 aliphatic rings. The number of sulfone groups is 1. The van der Waals surface area contributed by atoms with Crippen molar-refractivity contribution in [2.24, 2.45) is 33.8 Å². The Labute approximate surface area is 456 Å². The maximum Gasteiger partial charge on any atom is 0.316 e. The molecule has 5 heterocycles. The number of aliphatic hydroxyl groups excluding tert-OH is 1. The van der Waals surface area contributed by atoms with E-state index in [2.05, 4.69) is 25.5 Å². The molecule has 0 aliphatic carbocycles. The summed E-state index contributed by atoms with van der Waals surface area (Å²) in [5.74, 6) is -5.83. The lowest BCUT2D eigenvalue weighted by Crippen LogP contribution is -2.60. The van der Waals surface area contributed by atoms with E-state index in [1.54, 1.807) is 94.1 Å². The summed E-state index contributed by atoms with van der Waals surface area (Å²) in [6, 6.07) is 9.88. The minimum absolute atomic E-state index is 0.0148. The normalized spacial score (nSPS) is 32.2. The number of nitrogens with zero attached hydrogens (tertiary/aromatic N) is 6. The summed E-state index contributed by atoms with van der Waals surface area (Å²) in [7, 11) is -1.70. The summed E-state index contributed by atoms with van der Waals surface area (Å²) in [6.45, 7) is 13.3. The molecule has 0 spiro atoms. The first kappa shape index (κ1) is 61.8. The maximum atomic E-state index is 14.8. The zero-order valence-corrected chi connectivity index (χ0v) is 47.4. The Morgan fingerprint density at radius 3 is 2.37 bits per heavy atom. The molecule has 23 heteroatoms. The van der Waals surface area contributed by atoms with Gasteiger partial charge in [-0.15, -0.1) is 0 Å². The number of alkyl halides is 1. The minimum Gasteiger partial charge on any atom is -0.459 e. The Morgan fingerprint density at radius 1 is 1.05 bits per heavy atom. The lowest BCUT2D eigenvalue weighted by molar-refractivity contribution is -0.296. The second-order valence-corrected chi connectivity index (χ2v) is 23.6. The number of nitrogens with one attached hydrogen (secondary N) is 1. The van der Waals surface area contributed by atoms with E-state index in [0.717, 1.165) is 6.26 Å². The van der Waals surface area contributed by atoms with Crippen LogP contribution in [-0.2, 0) is 70.6 Å². The number of benzene rings is 1. The van der Waals surface area contributed by atoms with Gasteiger partial charge in [-0.05, 0) is 96.2 Å². The molecule has 2 amide bonds. The fourth-order valence-electron chi connectivity index (χ4n) is 10.8. The predicted octanol–water partition coefficient (Wildman–Crippen LogP) is 4.56. The van der Waals surface area contributed by atoms with Gasteiger partial charge in [0.25, 0.3) is 0 Å². The van der Waals surface area contributed by atoms with Crippen molar-refractivity contribution in [3.8, 4) is 5.82 Å². The van der Waals surface area contributed by atoms with Gasteiger partial charge in [0.1, 0.15) is 42.7 Å². The quantitative estimate of drug-likeness (QED) is 0.101. The number of aliphatic hydroxyl groups is 2. The second kappa shape index (κ2) is 26.7. The van der Waals surface area contributed by atoms with E-state index in [-0.39, 0.29) is 62.7 Å². The number of ether oxygens (including phenoxy) is 5. The zero-order chi connectivity index (χ0) is 57.3. The number of Topliss-reactive ketones (excluding diaryl/α,β-unsaturated/α-hetero) is 1. The highest BCUT2D eigenvalue weighted by molar-refractivity contribution is 7.90. The number of esters is 1. The first-order valence-electron chi connectivity index (χ1n) is 26.5. The number of aliphatic imine (C=N–C) groups is 1. The number of amides is 2. The maximum absolute atomic E-state index is 14.8. The number of hydrogen-bond acceptors (Lipinski definition) is 18. The molecule has 14 atom stereocenters. The van der Waals surface area contributed by atoms with Gasteiger partial charge in [-0.1, -0.05) is 51.0 Å². The summed E-state index contributed by atoms with van der Waals surface area (Å²) in [6.07, 6.45) is -0.375. The molecule has 3 unspecified atom stereocenters. The number of fused-ring (bicyclic) bond motifs is 5. The molecule has 78 heavy (non-hydrogen) atoms. The highest BCUT2D eigenvalue weighted by Gasteiger charge is 2.53. The Balaban J connectivity index is 1.32. The van der Waals surface area contributed by atoms with Gasteiger partial charge in [-0.3, -0.25) is 19.2 Å². The summed E-state index contributed by atoms with van der Waals surface area (Å²) >= 11 is 0. The fraction of sp³-hybridized carbons (Fsp3) is 0.636. The van der Waals surface area contributed by atoms with Crippen LogP contribution in [0.5, 0.6) is 0 Å². The first-order valence-corrected chi connectivity index (χ1v) is 28.4. The predicted molar refractivity (Wildman–Crippen MR) is 285 cm³/mol. The average molecular weight is 1110 g/mol. The van der Waals surface area contributed by atoms with Crippen LogP contribution in [0.3, 0.4) is 0 Å². The van der Waals surface area contributed by atoms with Gasteiger partial charge in [0.05, 0.1) is 48.1 Å². The Morgan fingerprint density at radius 2 is 1.76 bits per heavy atom. The third-order valence-electron chi connectivity index (χ3n) is 15.1.